The molecule has 5 nitrogen and oxygen atoms in total. The molecule has 0 atom stereocenters. The van der Waals surface area contributed by atoms with Crippen molar-refractivity contribution in [2.75, 3.05) is 26.3 Å². The second kappa shape index (κ2) is 6.63. The zero-order valence-corrected chi connectivity index (χ0v) is 11.2. The summed E-state index contributed by atoms with van der Waals surface area (Å²) in [6, 6.07) is 1.83. The van der Waals surface area contributed by atoms with E-state index in [-0.39, 0.29) is 5.56 Å². The van der Waals surface area contributed by atoms with Crippen molar-refractivity contribution in [2.45, 2.75) is 13.5 Å². The minimum Gasteiger partial charge on any atom is -0.380 e. The monoisotopic (exact) mass is 267 g/mol. The van der Waals surface area contributed by atoms with Crippen LogP contribution in [-0.4, -0.2) is 35.9 Å². The molecule has 2 heterocycles. The van der Waals surface area contributed by atoms with Crippen LogP contribution in [0.3, 0.4) is 0 Å². The second-order valence-electron chi connectivity index (χ2n) is 3.83. The molecule has 0 aliphatic rings. The minimum absolute atomic E-state index is 0.0351. The van der Waals surface area contributed by atoms with Gasteiger partial charge in [-0.1, -0.05) is 0 Å². The lowest BCUT2D eigenvalue weighted by Crippen LogP contribution is -2.28. The average Bonchev–Trinajstić information content (AvgIpc) is 2.85. The molecule has 0 bridgehead atoms. The summed E-state index contributed by atoms with van der Waals surface area (Å²) in [5.41, 5.74) is 0.0351. The molecule has 0 spiro atoms. The fourth-order valence-electron chi connectivity index (χ4n) is 1.67. The fraction of sp³-hybridized carbons (Fsp3) is 0.500. The normalized spacial score (nSPS) is 11.2. The van der Waals surface area contributed by atoms with E-state index in [1.54, 1.807) is 10.9 Å². The molecule has 0 radical (unpaired) electrons. The van der Waals surface area contributed by atoms with Crippen molar-refractivity contribution in [3.8, 4) is 0 Å². The van der Waals surface area contributed by atoms with E-state index in [0.29, 0.717) is 18.5 Å². The largest absolute Gasteiger partial charge is 0.380 e. The Balaban J connectivity index is 1.88. The van der Waals surface area contributed by atoms with Crippen LogP contribution >= 0.6 is 11.3 Å². The smallest absolute Gasteiger partial charge is 0.262 e. The van der Waals surface area contributed by atoms with Gasteiger partial charge >= 0.3 is 0 Å². The van der Waals surface area contributed by atoms with Gasteiger partial charge in [0.25, 0.3) is 5.56 Å². The van der Waals surface area contributed by atoms with Crippen molar-refractivity contribution in [3.63, 3.8) is 0 Å². The van der Waals surface area contributed by atoms with E-state index in [0.717, 1.165) is 24.5 Å². The maximum Gasteiger partial charge on any atom is 0.262 e. The third-order valence-electron chi connectivity index (χ3n) is 2.61. The highest BCUT2D eigenvalue weighted by Gasteiger charge is 2.04. The van der Waals surface area contributed by atoms with Crippen LogP contribution in [0.2, 0.25) is 0 Å². The highest BCUT2D eigenvalue weighted by atomic mass is 32.1. The molecule has 0 aliphatic heterocycles. The molecule has 0 unspecified atom stereocenters. The van der Waals surface area contributed by atoms with Gasteiger partial charge in [-0.2, -0.15) is 0 Å². The molecule has 0 saturated heterocycles. The molecule has 1 N–H and O–H groups in total. The number of hydrogen-bond acceptors (Lipinski definition) is 5. The molecule has 0 amide bonds. The molecule has 2 aromatic heterocycles. The molecular weight excluding hydrogens is 250 g/mol. The van der Waals surface area contributed by atoms with Crippen LogP contribution in [0.15, 0.2) is 22.6 Å². The lowest BCUT2D eigenvalue weighted by atomic mass is 10.4. The van der Waals surface area contributed by atoms with E-state index >= 15 is 0 Å². The van der Waals surface area contributed by atoms with Crippen LogP contribution in [-0.2, 0) is 11.3 Å². The summed E-state index contributed by atoms with van der Waals surface area (Å²) in [4.78, 5) is 17.1. The lowest BCUT2D eigenvalue weighted by Gasteiger charge is -2.07. The van der Waals surface area contributed by atoms with E-state index < -0.39 is 0 Å². The van der Waals surface area contributed by atoms with Gasteiger partial charge in [0.05, 0.1) is 18.3 Å². The Morgan fingerprint density at radius 1 is 1.50 bits per heavy atom. The highest BCUT2D eigenvalue weighted by Crippen LogP contribution is 2.12. The molecular formula is C12H17N3O2S. The third kappa shape index (κ3) is 3.16. The Hall–Kier alpha value is -1.24. The van der Waals surface area contributed by atoms with Gasteiger partial charge in [-0.3, -0.25) is 9.36 Å². The predicted molar refractivity (Wildman–Crippen MR) is 73.2 cm³/mol. The maximum atomic E-state index is 12.0. The summed E-state index contributed by atoms with van der Waals surface area (Å²) in [7, 11) is 0. The van der Waals surface area contributed by atoms with Gasteiger partial charge in [-0.05, 0) is 18.4 Å². The van der Waals surface area contributed by atoms with Crippen LogP contribution < -0.4 is 10.9 Å². The average molecular weight is 267 g/mol. The summed E-state index contributed by atoms with van der Waals surface area (Å²) in [6.07, 6.45) is 1.62. The van der Waals surface area contributed by atoms with E-state index in [1.165, 1.54) is 11.3 Å². The number of thiophene rings is 1. The summed E-state index contributed by atoms with van der Waals surface area (Å²) in [6.45, 7) is 5.58. The quantitative estimate of drug-likeness (QED) is 0.763. The van der Waals surface area contributed by atoms with Crippen molar-refractivity contribution in [1.82, 2.24) is 14.9 Å². The van der Waals surface area contributed by atoms with Gasteiger partial charge in [-0.15, -0.1) is 11.3 Å². The van der Waals surface area contributed by atoms with Crippen LogP contribution in [0.25, 0.3) is 10.2 Å². The number of ether oxygens (including phenoxy) is 1. The number of fused-ring (bicyclic) bond motifs is 1. The van der Waals surface area contributed by atoms with Crippen molar-refractivity contribution in [2.24, 2.45) is 0 Å². The molecule has 0 fully saturated rings. The molecule has 18 heavy (non-hydrogen) atoms. The Kier molecular flexibility index (Phi) is 4.86. The van der Waals surface area contributed by atoms with E-state index in [2.05, 4.69) is 10.3 Å². The van der Waals surface area contributed by atoms with Crippen LogP contribution in [0, 0.1) is 0 Å². The molecule has 0 aliphatic carbocycles. The van der Waals surface area contributed by atoms with Gasteiger partial charge in [0, 0.05) is 26.2 Å². The first-order chi connectivity index (χ1) is 8.83. The SMILES string of the molecule is CCOCCNCCn1cnc2sccc2c1=O. The van der Waals surface area contributed by atoms with Crippen molar-refractivity contribution < 1.29 is 4.74 Å². The van der Waals surface area contributed by atoms with Gasteiger partial charge in [-0.25, -0.2) is 4.98 Å². The first-order valence-electron chi connectivity index (χ1n) is 6.04. The third-order valence-corrected chi connectivity index (χ3v) is 3.43. The zero-order chi connectivity index (χ0) is 12.8. The molecule has 6 heteroatoms. The summed E-state index contributed by atoms with van der Waals surface area (Å²) >= 11 is 1.49. The molecule has 98 valence electrons. The van der Waals surface area contributed by atoms with Gasteiger partial charge in [0.15, 0.2) is 0 Å². The lowest BCUT2D eigenvalue weighted by molar-refractivity contribution is 0.149. The summed E-state index contributed by atoms with van der Waals surface area (Å²) in [5.74, 6) is 0. The summed E-state index contributed by atoms with van der Waals surface area (Å²) < 4.78 is 6.86. The number of aromatic nitrogens is 2. The molecule has 0 aromatic carbocycles. The first kappa shape index (κ1) is 13.2. The van der Waals surface area contributed by atoms with E-state index in [4.69, 9.17) is 4.74 Å². The van der Waals surface area contributed by atoms with E-state index in [9.17, 15) is 4.79 Å². The van der Waals surface area contributed by atoms with Crippen LogP contribution in [0.1, 0.15) is 6.92 Å². The van der Waals surface area contributed by atoms with Crippen molar-refractivity contribution in [3.05, 3.63) is 28.1 Å². The molecule has 0 saturated carbocycles. The number of rotatable bonds is 7. The van der Waals surface area contributed by atoms with Crippen molar-refractivity contribution in [1.29, 1.82) is 0 Å². The standard InChI is InChI=1S/C12H17N3O2S/c1-2-17-7-5-13-4-6-15-9-14-11-10(12(15)16)3-8-18-11/h3,8-9,13H,2,4-7H2,1H3. The van der Waals surface area contributed by atoms with Gasteiger partial charge in [0.1, 0.15) is 4.83 Å². The predicted octanol–water partition coefficient (Wildman–Crippen LogP) is 1.08. The zero-order valence-electron chi connectivity index (χ0n) is 10.4. The number of hydrogen-bond donors (Lipinski definition) is 1. The second-order valence-corrected chi connectivity index (χ2v) is 4.72. The minimum atomic E-state index is 0.0351. The molecule has 2 aromatic rings. The molecule has 2 rings (SSSR count). The topological polar surface area (TPSA) is 56.1 Å². The van der Waals surface area contributed by atoms with Gasteiger partial charge < -0.3 is 10.1 Å². The maximum absolute atomic E-state index is 12.0. The fourth-order valence-corrected chi connectivity index (χ4v) is 2.39. The van der Waals surface area contributed by atoms with Crippen LogP contribution in [0.4, 0.5) is 0 Å². The number of nitrogens with one attached hydrogen (secondary N) is 1. The van der Waals surface area contributed by atoms with Crippen LogP contribution in [0.5, 0.6) is 0 Å². The van der Waals surface area contributed by atoms with Gasteiger partial charge in [0.2, 0.25) is 0 Å². The highest BCUT2D eigenvalue weighted by molar-refractivity contribution is 7.16. The Morgan fingerprint density at radius 2 is 2.39 bits per heavy atom. The van der Waals surface area contributed by atoms with Crippen molar-refractivity contribution >= 4 is 21.6 Å². The van der Waals surface area contributed by atoms with E-state index in [1.807, 2.05) is 18.4 Å². The first-order valence-corrected chi connectivity index (χ1v) is 6.92. The Bertz CT molecular complexity index is 549. The number of nitrogens with zero attached hydrogens (tertiary/aromatic N) is 2. The summed E-state index contributed by atoms with van der Waals surface area (Å²) in [5, 5.41) is 5.83. The Labute approximate surface area is 109 Å². The Morgan fingerprint density at radius 3 is 3.22 bits per heavy atom.